The molecule has 0 aromatic heterocycles. The van der Waals surface area contributed by atoms with Crippen LogP contribution in [-0.2, 0) is 20.4 Å². The van der Waals surface area contributed by atoms with Crippen molar-refractivity contribution in [3.8, 4) is 0 Å². The van der Waals surface area contributed by atoms with E-state index in [2.05, 4.69) is 0 Å². The van der Waals surface area contributed by atoms with Gasteiger partial charge in [-0.2, -0.15) is 0 Å². The van der Waals surface area contributed by atoms with Gasteiger partial charge in [0.25, 0.3) is 0 Å². The van der Waals surface area contributed by atoms with Crippen molar-refractivity contribution in [2.75, 3.05) is 0 Å². The van der Waals surface area contributed by atoms with Gasteiger partial charge in [0.15, 0.2) is 0 Å². The van der Waals surface area contributed by atoms with Gasteiger partial charge < -0.3 is 31.8 Å². The van der Waals surface area contributed by atoms with E-state index in [0.29, 0.717) is 0 Å². The van der Waals surface area contributed by atoms with Crippen LogP contribution in [0.5, 0.6) is 0 Å². The zero-order valence-corrected chi connectivity index (χ0v) is 5.04. The normalized spacial score (nSPS) is 3.00. The summed E-state index contributed by atoms with van der Waals surface area (Å²) in [6.07, 6.45) is 0. The first-order chi connectivity index (χ1) is 1.73. The minimum Gasteiger partial charge on any atom is -0.412 e. The molecule has 0 aromatic rings. The maximum atomic E-state index is 8.25. The molecular weight excluding hydrogens is 216 g/mol. The molecule has 0 radical (unpaired) electrons. The standard InChI is InChI=1S/NO3.3H2O.Pd/c2-1(3)4;;;;/h;3*1H2;/q-1;;;;. The van der Waals surface area contributed by atoms with Crippen LogP contribution in [0.1, 0.15) is 0 Å². The van der Waals surface area contributed by atoms with Crippen molar-refractivity contribution in [2.45, 2.75) is 0 Å². The molecule has 8 heavy (non-hydrogen) atoms. The van der Waals surface area contributed by atoms with E-state index in [4.69, 9.17) is 15.3 Å². The molecule has 0 amide bonds. The molecular formula is H6NO6Pd-. The van der Waals surface area contributed by atoms with E-state index in [-0.39, 0.29) is 36.9 Å². The second kappa shape index (κ2) is 29.6. The summed E-state index contributed by atoms with van der Waals surface area (Å²) in [6, 6.07) is 0. The second-order valence-electron chi connectivity index (χ2n) is 0.224. The first-order valence-electron chi connectivity index (χ1n) is 0.548. The SMILES string of the molecule is O.O.O.O=[N+]([O-])[O-].[Pd]. The number of nitrogens with zero attached hydrogens (tertiary/aromatic N) is 1. The Kier molecular flexibility index (Phi) is 173. The van der Waals surface area contributed by atoms with Gasteiger partial charge in [0.1, 0.15) is 0 Å². The van der Waals surface area contributed by atoms with E-state index in [0.717, 1.165) is 0 Å². The van der Waals surface area contributed by atoms with Crippen LogP contribution in [-0.4, -0.2) is 21.5 Å². The molecule has 6 N–H and O–H groups in total. The molecule has 0 saturated heterocycles. The van der Waals surface area contributed by atoms with Gasteiger partial charge in [-0.1, -0.05) is 0 Å². The summed E-state index contributed by atoms with van der Waals surface area (Å²) in [4.78, 5) is 8.25. The zero-order valence-electron chi connectivity index (χ0n) is 3.49. The number of rotatable bonds is 0. The molecule has 7 nitrogen and oxygen atoms in total. The Bertz CT molecular complexity index is 31.5. The fourth-order valence-electron chi connectivity index (χ4n) is 0. The van der Waals surface area contributed by atoms with Gasteiger partial charge in [-0.15, -0.1) is 0 Å². The van der Waals surface area contributed by atoms with E-state index in [9.17, 15) is 0 Å². The molecule has 0 bridgehead atoms. The second-order valence-corrected chi connectivity index (χ2v) is 0.224. The van der Waals surface area contributed by atoms with Crippen molar-refractivity contribution in [1.29, 1.82) is 0 Å². The molecule has 0 saturated carbocycles. The third-order valence-corrected chi connectivity index (χ3v) is 0. The molecule has 0 rings (SSSR count). The van der Waals surface area contributed by atoms with Crippen LogP contribution in [0, 0.1) is 15.3 Å². The summed E-state index contributed by atoms with van der Waals surface area (Å²) in [5.74, 6) is 0. The Morgan fingerprint density at radius 3 is 1.00 bits per heavy atom. The molecule has 8 heteroatoms. The number of hydrogen-bond acceptors (Lipinski definition) is 3. The Hall–Kier alpha value is -0.258. The van der Waals surface area contributed by atoms with Crippen LogP contribution in [0.4, 0.5) is 0 Å². The van der Waals surface area contributed by atoms with E-state index in [1.54, 1.807) is 0 Å². The quantitative estimate of drug-likeness (QED) is 0.248. The Morgan fingerprint density at radius 1 is 1.00 bits per heavy atom. The molecule has 0 spiro atoms. The average molecular weight is 222 g/mol. The summed E-state index contributed by atoms with van der Waals surface area (Å²) in [7, 11) is 0. The summed E-state index contributed by atoms with van der Waals surface area (Å²) in [5.41, 5.74) is 0. The maximum absolute atomic E-state index is 8.25. The molecule has 0 aliphatic rings. The average Bonchev–Trinajstić information content (AvgIpc) is 0.811. The number of hydrogen-bond donors (Lipinski definition) is 0. The fraction of sp³-hybridized carbons (Fsp3) is 0. The van der Waals surface area contributed by atoms with Gasteiger partial charge in [0, 0.05) is 20.4 Å². The minimum atomic E-state index is -1.75. The summed E-state index contributed by atoms with van der Waals surface area (Å²) >= 11 is 0. The Morgan fingerprint density at radius 2 is 1.00 bits per heavy atom. The summed E-state index contributed by atoms with van der Waals surface area (Å²) in [6.45, 7) is 0. The van der Waals surface area contributed by atoms with Crippen LogP contribution in [0.3, 0.4) is 0 Å². The first-order valence-corrected chi connectivity index (χ1v) is 0.548. The Labute approximate surface area is 58.0 Å². The maximum Gasteiger partial charge on any atom is 0.0689 e. The molecule has 0 aromatic carbocycles. The monoisotopic (exact) mass is 222 g/mol. The molecule has 0 aliphatic heterocycles. The van der Waals surface area contributed by atoms with Crippen LogP contribution >= 0.6 is 0 Å². The third-order valence-electron chi connectivity index (χ3n) is 0. The predicted molar refractivity (Wildman–Crippen MR) is 21.2 cm³/mol. The van der Waals surface area contributed by atoms with Gasteiger partial charge >= 0.3 is 0 Å². The van der Waals surface area contributed by atoms with E-state index < -0.39 is 5.09 Å². The van der Waals surface area contributed by atoms with E-state index in [1.807, 2.05) is 0 Å². The van der Waals surface area contributed by atoms with Crippen molar-refractivity contribution in [3.63, 3.8) is 0 Å². The largest absolute Gasteiger partial charge is 0.412 e. The summed E-state index contributed by atoms with van der Waals surface area (Å²) in [5, 5.41) is 14.8. The van der Waals surface area contributed by atoms with Crippen molar-refractivity contribution < 1.29 is 41.9 Å². The third kappa shape index (κ3) is 1950. The topological polar surface area (TPSA) is 161 Å². The van der Waals surface area contributed by atoms with Crippen LogP contribution < -0.4 is 0 Å². The van der Waals surface area contributed by atoms with Gasteiger partial charge in [-0.25, -0.2) is 0 Å². The zero-order chi connectivity index (χ0) is 3.58. The van der Waals surface area contributed by atoms with Crippen molar-refractivity contribution in [2.24, 2.45) is 0 Å². The molecule has 0 atom stereocenters. The van der Waals surface area contributed by atoms with Crippen molar-refractivity contribution >= 4 is 0 Å². The molecule has 0 fully saturated rings. The molecule has 0 heterocycles. The predicted octanol–water partition coefficient (Wildman–Crippen LogP) is -2.72. The smallest absolute Gasteiger partial charge is 0.0689 e. The van der Waals surface area contributed by atoms with Gasteiger partial charge in [0.2, 0.25) is 0 Å². The minimum absolute atomic E-state index is 0. The van der Waals surface area contributed by atoms with Gasteiger partial charge in [-0.3, -0.25) is 0 Å². The molecule has 0 aliphatic carbocycles. The van der Waals surface area contributed by atoms with Gasteiger partial charge in [0.05, 0.1) is 5.09 Å². The summed E-state index contributed by atoms with van der Waals surface area (Å²) < 4.78 is 0. The van der Waals surface area contributed by atoms with Crippen molar-refractivity contribution in [3.05, 3.63) is 15.3 Å². The van der Waals surface area contributed by atoms with Crippen LogP contribution in [0.25, 0.3) is 0 Å². The first kappa shape index (κ1) is 46.8. The Balaban J connectivity index is -0.00000000750. The fourth-order valence-corrected chi connectivity index (χ4v) is 0. The molecule has 0 unspecified atom stereocenters. The van der Waals surface area contributed by atoms with Crippen LogP contribution in [0.2, 0.25) is 0 Å². The molecule has 58 valence electrons. The van der Waals surface area contributed by atoms with Crippen molar-refractivity contribution in [1.82, 2.24) is 0 Å². The van der Waals surface area contributed by atoms with E-state index in [1.165, 1.54) is 0 Å². The van der Waals surface area contributed by atoms with Crippen LogP contribution in [0.15, 0.2) is 0 Å². The van der Waals surface area contributed by atoms with E-state index >= 15 is 0 Å². The van der Waals surface area contributed by atoms with Gasteiger partial charge in [-0.05, 0) is 0 Å².